The van der Waals surface area contributed by atoms with Crippen LogP contribution in [0.5, 0.6) is 0 Å². The standard InChI is InChI=1S/C12H16N6OS/c1-3-9-11(20-17-15-9)12(19)13-8-4-5-10-16-14-7(2)18(10)6-8/h8H,3-6H2,1-2H3,(H,13,19)/t8-/m0/s1. The molecular weight excluding hydrogens is 276 g/mol. The molecule has 3 rings (SSSR count). The summed E-state index contributed by atoms with van der Waals surface area (Å²) in [5.41, 5.74) is 0.768. The van der Waals surface area contributed by atoms with Crippen LogP contribution in [0.2, 0.25) is 0 Å². The largest absolute Gasteiger partial charge is 0.347 e. The Morgan fingerprint density at radius 1 is 1.45 bits per heavy atom. The molecule has 0 spiro atoms. The van der Waals surface area contributed by atoms with Gasteiger partial charge in [-0.25, -0.2) is 0 Å². The van der Waals surface area contributed by atoms with Crippen molar-refractivity contribution < 1.29 is 4.79 Å². The van der Waals surface area contributed by atoms with Crippen molar-refractivity contribution in [3.05, 3.63) is 22.2 Å². The second-order valence-corrected chi connectivity index (χ2v) is 5.64. The van der Waals surface area contributed by atoms with E-state index in [-0.39, 0.29) is 11.9 Å². The fourth-order valence-electron chi connectivity index (χ4n) is 2.44. The van der Waals surface area contributed by atoms with Crippen LogP contribution in [-0.4, -0.2) is 36.3 Å². The molecule has 1 N–H and O–H groups in total. The lowest BCUT2D eigenvalue weighted by Gasteiger charge is -2.24. The van der Waals surface area contributed by atoms with Gasteiger partial charge in [0.1, 0.15) is 16.5 Å². The summed E-state index contributed by atoms with van der Waals surface area (Å²) in [7, 11) is 0. The fourth-order valence-corrected chi connectivity index (χ4v) is 3.10. The van der Waals surface area contributed by atoms with Crippen molar-refractivity contribution in [1.82, 2.24) is 29.7 Å². The Balaban J connectivity index is 1.70. The molecule has 2 aromatic heterocycles. The molecule has 0 saturated heterocycles. The van der Waals surface area contributed by atoms with Crippen LogP contribution in [0.15, 0.2) is 0 Å². The number of nitrogens with zero attached hydrogens (tertiary/aromatic N) is 5. The van der Waals surface area contributed by atoms with Gasteiger partial charge < -0.3 is 9.88 Å². The van der Waals surface area contributed by atoms with E-state index < -0.39 is 0 Å². The van der Waals surface area contributed by atoms with Crippen molar-refractivity contribution in [3.63, 3.8) is 0 Å². The van der Waals surface area contributed by atoms with E-state index in [4.69, 9.17) is 0 Å². The van der Waals surface area contributed by atoms with E-state index >= 15 is 0 Å². The first-order valence-electron chi connectivity index (χ1n) is 6.69. The van der Waals surface area contributed by atoms with Gasteiger partial charge in [0.15, 0.2) is 0 Å². The topological polar surface area (TPSA) is 85.6 Å². The third-order valence-corrected chi connectivity index (χ3v) is 4.33. The summed E-state index contributed by atoms with van der Waals surface area (Å²) in [4.78, 5) is 12.9. The number of aryl methyl sites for hydroxylation is 3. The first-order chi connectivity index (χ1) is 9.69. The van der Waals surface area contributed by atoms with Crippen molar-refractivity contribution in [2.75, 3.05) is 0 Å². The summed E-state index contributed by atoms with van der Waals surface area (Å²) in [5, 5.41) is 15.2. The zero-order valence-corrected chi connectivity index (χ0v) is 12.3. The SMILES string of the molecule is CCc1nnsc1C(=O)N[C@H]1CCc2nnc(C)n2C1. The maximum absolute atomic E-state index is 12.3. The normalized spacial score (nSPS) is 17.8. The van der Waals surface area contributed by atoms with Crippen molar-refractivity contribution in [1.29, 1.82) is 0 Å². The van der Waals surface area contributed by atoms with Gasteiger partial charge in [-0.15, -0.1) is 15.3 Å². The van der Waals surface area contributed by atoms with E-state index in [2.05, 4.69) is 29.7 Å². The van der Waals surface area contributed by atoms with Gasteiger partial charge in [0, 0.05) is 19.0 Å². The Morgan fingerprint density at radius 3 is 3.10 bits per heavy atom. The molecule has 1 aliphatic rings. The van der Waals surface area contributed by atoms with E-state index in [1.165, 1.54) is 0 Å². The molecule has 20 heavy (non-hydrogen) atoms. The number of carbonyl (C=O) groups is 1. The number of hydrogen-bond donors (Lipinski definition) is 1. The summed E-state index contributed by atoms with van der Waals surface area (Å²) in [5.74, 6) is 1.82. The molecule has 2 aromatic rings. The number of rotatable bonds is 3. The molecule has 1 aliphatic heterocycles. The quantitative estimate of drug-likeness (QED) is 0.902. The third kappa shape index (κ3) is 2.31. The molecule has 0 saturated carbocycles. The predicted molar refractivity (Wildman–Crippen MR) is 73.6 cm³/mol. The maximum atomic E-state index is 12.3. The van der Waals surface area contributed by atoms with Crippen molar-refractivity contribution in [2.24, 2.45) is 0 Å². The van der Waals surface area contributed by atoms with E-state index in [1.54, 1.807) is 0 Å². The smallest absolute Gasteiger partial charge is 0.265 e. The minimum atomic E-state index is -0.0731. The van der Waals surface area contributed by atoms with Crippen LogP contribution >= 0.6 is 11.5 Å². The minimum Gasteiger partial charge on any atom is -0.347 e. The Hall–Kier alpha value is -1.83. The zero-order chi connectivity index (χ0) is 14.1. The third-order valence-electron chi connectivity index (χ3n) is 3.56. The Kier molecular flexibility index (Phi) is 3.47. The van der Waals surface area contributed by atoms with Gasteiger partial charge in [0.25, 0.3) is 5.91 Å². The molecule has 3 heterocycles. The second kappa shape index (κ2) is 5.28. The zero-order valence-electron chi connectivity index (χ0n) is 11.5. The number of fused-ring (bicyclic) bond motifs is 1. The summed E-state index contributed by atoms with van der Waals surface area (Å²) in [6.07, 6.45) is 2.45. The van der Waals surface area contributed by atoms with Crippen LogP contribution in [0.4, 0.5) is 0 Å². The van der Waals surface area contributed by atoms with Gasteiger partial charge in [-0.1, -0.05) is 11.4 Å². The lowest BCUT2D eigenvalue weighted by Crippen LogP contribution is -2.41. The van der Waals surface area contributed by atoms with Crippen molar-refractivity contribution >= 4 is 17.4 Å². The highest BCUT2D eigenvalue weighted by Crippen LogP contribution is 2.16. The fraction of sp³-hybridized carbons (Fsp3) is 0.583. The van der Waals surface area contributed by atoms with Gasteiger partial charge in [0.2, 0.25) is 0 Å². The lowest BCUT2D eigenvalue weighted by atomic mass is 10.1. The van der Waals surface area contributed by atoms with Crippen LogP contribution in [-0.2, 0) is 19.4 Å². The molecule has 0 unspecified atom stereocenters. The summed E-state index contributed by atoms with van der Waals surface area (Å²) >= 11 is 1.16. The number of hydrogen-bond acceptors (Lipinski definition) is 6. The predicted octanol–water partition coefficient (Wildman–Crippen LogP) is 0.745. The summed E-state index contributed by atoms with van der Waals surface area (Å²) in [6, 6.07) is 0.108. The van der Waals surface area contributed by atoms with E-state index in [0.717, 1.165) is 54.7 Å². The number of carbonyl (C=O) groups excluding carboxylic acids is 1. The van der Waals surface area contributed by atoms with Gasteiger partial charge in [-0.2, -0.15) is 0 Å². The molecular formula is C12H16N6OS. The van der Waals surface area contributed by atoms with Gasteiger partial charge in [0.05, 0.1) is 5.69 Å². The minimum absolute atomic E-state index is 0.0731. The van der Waals surface area contributed by atoms with Gasteiger partial charge >= 0.3 is 0 Å². The highest BCUT2D eigenvalue weighted by Gasteiger charge is 2.24. The van der Waals surface area contributed by atoms with Crippen LogP contribution in [0, 0.1) is 6.92 Å². The van der Waals surface area contributed by atoms with Crippen LogP contribution in [0.1, 0.15) is 40.4 Å². The molecule has 8 heteroatoms. The lowest BCUT2D eigenvalue weighted by molar-refractivity contribution is 0.0930. The number of aromatic nitrogens is 5. The molecule has 1 amide bonds. The Bertz CT molecular complexity index is 634. The average molecular weight is 292 g/mol. The molecule has 0 aliphatic carbocycles. The molecule has 0 bridgehead atoms. The first kappa shape index (κ1) is 13.2. The van der Waals surface area contributed by atoms with Crippen molar-refractivity contribution in [3.8, 4) is 0 Å². The van der Waals surface area contributed by atoms with Crippen molar-refractivity contribution in [2.45, 2.75) is 45.7 Å². The highest BCUT2D eigenvalue weighted by molar-refractivity contribution is 7.08. The monoisotopic (exact) mass is 292 g/mol. The second-order valence-electron chi connectivity index (χ2n) is 4.89. The average Bonchev–Trinajstić information content (AvgIpc) is 3.06. The van der Waals surface area contributed by atoms with E-state index in [0.29, 0.717) is 4.88 Å². The molecule has 1 atom stereocenters. The van der Waals surface area contributed by atoms with E-state index in [9.17, 15) is 4.79 Å². The van der Waals surface area contributed by atoms with Crippen LogP contribution in [0.25, 0.3) is 0 Å². The first-order valence-corrected chi connectivity index (χ1v) is 7.47. The summed E-state index contributed by atoms with van der Waals surface area (Å²) in [6.45, 7) is 4.64. The van der Waals surface area contributed by atoms with Gasteiger partial charge in [-0.05, 0) is 31.3 Å². The number of nitrogens with one attached hydrogen (secondary N) is 1. The molecule has 0 fully saturated rings. The highest BCUT2D eigenvalue weighted by atomic mass is 32.1. The molecule has 0 radical (unpaired) electrons. The summed E-state index contributed by atoms with van der Waals surface area (Å²) < 4.78 is 5.92. The molecule has 7 nitrogen and oxygen atoms in total. The van der Waals surface area contributed by atoms with E-state index in [1.807, 2.05) is 13.8 Å². The Morgan fingerprint density at radius 2 is 2.30 bits per heavy atom. The molecule has 106 valence electrons. The molecule has 0 aromatic carbocycles. The maximum Gasteiger partial charge on any atom is 0.265 e. The van der Waals surface area contributed by atoms with Crippen LogP contribution in [0.3, 0.4) is 0 Å². The van der Waals surface area contributed by atoms with Gasteiger partial charge in [-0.3, -0.25) is 4.79 Å². The number of amides is 1. The van der Waals surface area contributed by atoms with Crippen LogP contribution < -0.4 is 5.32 Å². The Labute approximate surface area is 120 Å².